The Balaban J connectivity index is 2.39. The van der Waals surface area contributed by atoms with E-state index in [4.69, 9.17) is 4.74 Å². The fourth-order valence-corrected chi connectivity index (χ4v) is 2.45. The van der Waals surface area contributed by atoms with Crippen LogP contribution in [0.2, 0.25) is 0 Å². The maximum atomic E-state index is 11.8. The predicted octanol–water partition coefficient (Wildman–Crippen LogP) is 4.65. The maximum Gasteiger partial charge on any atom is 0.257 e. The Labute approximate surface area is 136 Å². The van der Waals surface area contributed by atoms with Crippen molar-refractivity contribution in [2.75, 3.05) is 13.2 Å². The molecule has 118 valence electrons. The Bertz CT molecular complexity index is 446. The molecule has 0 aliphatic heterocycles. The zero-order valence-corrected chi connectivity index (χ0v) is 14.8. The highest BCUT2D eigenvalue weighted by molar-refractivity contribution is 9.10. The van der Waals surface area contributed by atoms with Crippen molar-refractivity contribution in [3.05, 3.63) is 28.2 Å². The van der Waals surface area contributed by atoms with Crippen LogP contribution >= 0.6 is 15.9 Å². The fourth-order valence-electron chi connectivity index (χ4n) is 2.08. The minimum Gasteiger partial charge on any atom is -0.483 e. The van der Waals surface area contributed by atoms with Crippen molar-refractivity contribution in [2.24, 2.45) is 0 Å². The lowest BCUT2D eigenvalue weighted by Crippen LogP contribution is -2.29. The van der Waals surface area contributed by atoms with Crippen molar-refractivity contribution >= 4 is 21.8 Å². The van der Waals surface area contributed by atoms with Gasteiger partial charge in [0.2, 0.25) is 0 Å². The van der Waals surface area contributed by atoms with Gasteiger partial charge in [0.25, 0.3) is 5.91 Å². The molecule has 0 bridgehead atoms. The summed E-state index contributed by atoms with van der Waals surface area (Å²) in [6.45, 7) is 7.22. The lowest BCUT2D eigenvalue weighted by atomic mass is 10.0. The molecule has 0 aromatic heterocycles. The van der Waals surface area contributed by atoms with Crippen LogP contribution in [-0.2, 0) is 4.79 Å². The van der Waals surface area contributed by atoms with Crippen LogP contribution < -0.4 is 10.1 Å². The molecule has 1 aromatic rings. The average molecular weight is 356 g/mol. The zero-order chi connectivity index (χ0) is 15.7. The first-order chi connectivity index (χ1) is 10.0. The van der Waals surface area contributed by atoms with E-state index < -0.39 is 0 Å². The number of benzene rings is 1. The van der Waals surface area contributed by atoms with Gasteiger partial charge in [-0.1, -0.05) is 56.0 Å². The van der Waals surface area contributed by atoms with Crippen LogP contribution in [0.3, 0.4) is 0 Å². The normalized spacial score (nSPS) is 10.7. The van der Waals surface area contributed by atoms with Crippen LogP contribution in [0.5, 0.6) is 5.75 Å². The first-order valence-electron chi connectivity index (χ1n) is 7.73. The van der Waals surface area contributed by atoms with Gasteiger partial charge in [0.05, 0.1) is 0 Å². The first kappa shape index (κ1) is 18.0. The molecular weight excluding hydrogens is 330 g/mol. The molecule has 21 heavy (non-hydrogen) atoms. The van der Waals surface area contributed by atoms with Crippen molar-refractivity contribution in [1.82, 2.24) is 5.32 Å². The van der Waals surface area contributed by atoms with E-state index in [-0.39, 0.29) is 12.5 Å². The van der Waals surface area contributed by atoms with Crippen molar-refractivity contribution in [2.45, 2.75) is 52.4 Å². The number of nitrogens with one attached hydrogen (secondary N) is 1. The van der Waals surface area contributed by atoms with Crippen molar-refractivity contribution in [3.63, 3.8) is 0 Å². The quantitative estimate of drug-likeness (QED) is 0.654. The first-order valence-corrected chi connectivity index (χ1v) is 8.52. The van der Waals surface area contributed by atoms with Crippen LogP contribution in [0.15, 0.2) is 22.7 Å². The summed E-state index contributed by atoms with van der Waals surface area (Å²) in [6, 6.07) is 5.89. The maximum absolute atomic E-state index is 11.8. The molecule has 0 saturated heterocycles. The topological polar surface area (TPSA) is 38.3 Å². The average Bonchev–Trinajstić information content (AvgIpc) is 2.45. The van der Waals surface area contributed by atoms with Crippen LogP contribution in [0, 0.1) is 0 Å². The monoisotopic (exact) mass is 355 g/mol. The molecule has 0 aliphatic rings. The molecule has 1 N–H and O–H groups in total. The number of hydrogen-bond acceptors (Lipinski definition) is 2. The summed E-state index contributed by atoms with van der Waals surface area (Å²) in [5.74, 6) is 1.09. The van der Waals surface area contributed by atoms with Crippen molar-refractivity contribution in [3.8, 4) is 5.75 Å². The van der Waals surface area contributed by atoms with E-state index in [1.165, 1.54) is 19.3 Å². The van der Waals surface area contributed by atoms with Gasteiger partial charge in [-0.2, -0.15) is 0 Å². The van der Waals surface area contributed by atoms with E-state index in [0.29, 0.717) is 5.92 Å². The lowest BCUT2D eigenvalue weighted by molar-refractivity contribution is -0.123. The van der Waals surface area contributed by atoms with Gasteiger partial charge in [0.15, 0.2) is 6.61 Å². The zero-order valence-electron chi connectivity index (χ0n) is 13.2. The fraction of sp³-hybridized carbons (Fsp3) is 0.588. The number of amides is 1. The number of rotatable bonds is 9. The molecule has 1 amide bonds. The standard InChI is InChI=1S/C17H26BrNO2/c1-4-5-6-7-10-19-17(20)12-21-16-9-8-14(18)11-15(16)13(2)3/h8-9,11,13H,4-7,10,12H2,1-3H3,(H,19,20). The summed E-state index contributed by atoms with van der Waals surface area (Å²) in [4.78, 5) is 11.8. The molecule has 0 spiro atoms. The Hall–Kier alpha value is -1.03. The molecule has 0 aliphatic carbocycles. The Morgan fingerprint density at radius 2 is 2.05 bits per heavy atom. The van der Waals surface area contributed by atoms with E-state index in [2.05, 4.69) is 42.0 Å². The number of ether oxygens (including phenoxy) is 1. The smallest absolute Gasteiger partial charge is 0.257 e. The third-order valence-corrected chi connectivity index (χ3v) is 3.80. The highest BCUT2D eigenvalue weighted by Crippen LogP contribution is 2.29. The van der Waals surface area contributed by atoms with Gasteiger partial charge in [-0.3, -0.25) is 4.79 Å². The van der Waals surface area contributed by atoms with E-state index in [1.807, 2.05) is 18.2 Å². The highest BCUT2D eigenvalue weighted by Gasteiger charge is 2.10. The van der Waals surface area contributed by atoms with E-state index in [0.717, 1.165) is 28.8 Å². The summed E-state index contributed by atoms with van der Waals surface area (Å²) in [6.07, 6.45) is 4.64. The molecule has 1 rings (SSSR count). The van der Waals surface area contributed by atoms with Crippen LogP contribution in [0.4, 0.5) is 0 Å². The van der Waals surface area contributed by atoms with E-state index >= 15 is 0 Å². The van der Waals surface area contributed by atoms with Crippen LogP contribution in [0.1, 0.15) is 57.9 Å². The highest BCUT2D eigenvalue weighted by atomic mass is 79.9. The Morgan fingerprint density at radius 1 is 1.29 bits per heavy atom. The second-order valence-electron chi connectivity index (χ2n) is 5.54. The van der Waals surface area contributed by atoms with Gasteiger partial charge < -0.3 is 10.1 Å². The summed E-state index contributed by atoms with van der Waals surface area (Å²) in [5, 5.41) is 2.90. The van der Waals surface area contributed by atoms with Gasteiger partial charge in [-0.05, 0) is 36.1 Å². The third kappa shape index (κ3) is 6.98. The van der Waals surface area contributed by atoms with Crippen molar-refractivity contribution < 1.29 is 9.53 Å². The van der Waals surface area contributed by atoms with Gasteiger partial charge in [0.1, 0.15) is 5.75 Å². The summed E-state index contributed by atoms with van der Waals surface area (Å²) >= 11 is 3.46. The van der Waals surface area contributed by atoms with Gasteiger partial charge in [-0.25, -0.2) is 0 Å². The second kappa shape index (κ2) is 9.82. The van der Waals surface area contributed by atoms with Crippen molar-refractivity contribution in [1.29, 1.82) is 0 Å². The molecule has 3 nitrogen and oxygen atoms in total. The third-order valence-electron chi connectivity index (χ3n) is 3.31. The van der Waals surface area contributed by atoms with Gasteiger partial charge in [-0.15, -0.1) is 0 Å². The number of unbranched alkanes of at least 4 members (excludes halogenated alkanes) is 3. The van der Waals surface area contributed by atoms with Gasteiger partial charge >= 0.3 is 0 Å². The van der Waals surface area contributed by atoms with E-state index in [9.17, 15) is 4.79 Å². The number of carbonyl (C=O) groups excluding carboxylic acids is 1. The molecule has 0 atom stereocenters. The lowest BCUT2D eigenvalue weighted by Gasteiger charge is -2.14. The molecule has 0 unspecified atom stereocenters. The van der Waals surface area contributed by atoms with Gasteiger partial charge in [0, 0.05) is 11.0 Å². The summed E-state index contributed by atoms with van der Waals surface area (Å²) < 4.78 is 6.69. The summed E-state index contributed by atoms with van der Waals surface area (Å²) in [5.41, 5.74) is 1.11. The predicted molar refractivity (Wildman–Crippen MR) is 90.9 cm³/mol. The SMILES string of the molecule is CCCCCCNC(=O)COc1ccc(Br)cc1C(C)C. The minimum absolute atomic E-state index is 0.0517. The Kier molecular flexibility index (Phi) is 8.43. The summed E-state index contributed by atoms with van der Waals surface area (Å²) in [7, 11) is 0. The largest absolute Gasteiger partial charge is 0.483 e. The molecule has 4 heteroatoms. The number of halogens is 1. The minimum atomic E-state index is -0.0517. The second-order valence-corrected chi connectivity index (χ2v) is 6.45. The molecule has 0 heterocycles. The molecular formula is C17H26BrNO2. The molecule has 0 saturated carbocycles. The molecule has 1 aromatic carbocycles. The Morgan fingerprint density at radius 3 is 2.71 bits per heavy atom. The van der Waals surface area contributed by atoms with Crippen LogP contribution in [0.25, 0.3) is 0 Å². The van der Waals surface area contributed by atoms with Crippen LogP contribution in [-0.4, -0.2) is 19.1 Å². The number of carbonyl (C=O) groups is 1. The number of hydrogen-bond donors (Lipinski definition) is 1. The van der Waals surface area contributed by atoms with E-state index in [1.54, 1.807) is 0 Å². The molecule has 0 radical (unpaired) electrons. The molecule has 0 fully saturated rings.